The molecule has 1 saturated heterocycles. The lowest BCUT2D eigenvalue weighted by molar-refractivity contribution is -0.127. The lowest BCUT2D eigenvalue weighted by Gasteiger charge is -2.35. The van der Waals surface area contributed by atoms with E-state index in [1.807, 2.05) is 60.3 Å². The Bertz CT molecular complexity index is 960. The molecule has 2 N–H and O–H groups in total. The average Bonchev–Trinajstić information content (AvgIpc) is 3.33. The SMILES string of the molecule is COc1ccc(C2NC(=O)C3C4=C(CCC4)SC3N2)cc1OCc1ccccc1. The van der Waals surface area contributed by atoms with Crippen LogP contribution in [-0.4, -0.2) is 18.4 Å². The third-order valence-corrected chi connectivity index (χ3v) is 7.23. The number of fused-ring (bicyclic) bond motifs is 2. The smallest absolute Gasteiger partial charge is 0.231 e. The molecular formula is C23H24N2O3S. The molecule has 0 spiro atoms. The van der Waals surface area contributed by atoms with Gasteiger partial charge in [0, 0.05) is 0 Å². The van der Waals surface area contributed by atoms with Gasteiger partial charge in [-0.3, -0.25) is 10.1 Å². The highest BCUT2D eigenvalue weighted by Crippen LogP contribution is 2.51. The van der Waals surface area contributed by atoms with Crippen molar-refractivity contribution < 1.29 is 14.3 Å². The van der Waals surface area contributed by atoms with Crippen molar-refractivity contribution in [2.75, 3.05) is 7.11 Å². The Labute approximate surface area is 174 Å². The predicted octanol–water partition coefficient (Wildman–Crippen LogP) is 4.12. The summed E-state index contributed by atoms with van der Waals surface area (Å²) in [7, 11) is 1.64. The lowest BCUT2D eigenvalue weighted by Crippen LogP contribution is -2.54. The first-order valence-corrected chi connectivity index (χ1v) is 10.9. The van der Waals surface area contributed by atoms with Crippen LogP contribution < -0.4 is 20.1 Å². The van der Waals surface area contributed by atoms with Crippen LogP contribution in [0.3, 0.4) is 0 Å². The van der Waals surface area contributed by atoms with Crippen LogP contribution in [-0.2, 0) is 11.4 Å². The third kappa shape index (κ3) is 3.51. The van der Waals surface area contributed by atoms with E-state index in [2.05, 4.69) is 10.6 Å². The number of thioether (sulfide) groups is 1. The van der Waals surface area contributed by atoms with Gasteiger partial charge in [-0.25, -0.2) is 0 Å². The number of rotatable bonds is 5. The molecule has 0 bridgehead atoms. The molecule has 3 aliphatic rings. The van der Waals surface area contributed by atoms with Crippen LogP contribution >= 0.6 is 11.8 Å². The second-order valence-electron chi connectivity index (χ2n) is 7.61. The van der Waals surface area contributed by atoms with Gasteiger partial charge in [-0.2, -0.15) is 0 Å². The molecule has 2 aromatic carbocycles. The molecule has 2 aliphatic heterocycles. The van der Waals surface area contributed by atoms with Gasteiger partial charge in [0.05, 0.1) is 18.4 Å². The summed E-state index contributed by atoms with van der Waals surface area (Å²) < 4.78 is 11.5. The second kappa shape index (κ2) is 7.76. The van der Waals surface area contributed by atoms with Gasteiger partial charge in [-0.05, 0) is 53.0 Å². The molecule has 5 nitrogen and oxygen atoms in total. The van der Waals surface area contributed by atoms with Crippen molar-refractivity contribution in [3.05, 3.63) is 70.1 Å². The Morgan fingerprint density at radius 1 is 1.10 bits per heavy atom. The van der Waals surface area contributed by atoms with Crippen LogP contribution in [0.15, 0.2) is 59.0 Å². The summed E-state index contributed by atoms with van der Waals surface area (Å²) in [5.74, 6) is 1.45. The number of amides is 1. The van der Waals surface area contributed by atoms with Crippen LogP contribution in [0.1, 0.15) is 36.6 Å². The van der Waals surface area contributed by atoms with Crippen LogP contribution in [0.25, 0.3) is 0 Å². The fourth-order valence-corrected chi connectivity index (χ4v) is 5.95. The van der Waals surface area contributed by atoms with E-state index in [1.54, 1.807) is 7.11 Å². The van der Waals surface area contributed by atoms with Crippen molar-refractivity contribution in [2.45, 2.75) is 37.4 Å². The Hall–Kier alpha value is -2.44. The highest BCUT2D eigenvalue weighted by molar-refractivity contribution is 8.04. The Balaban J connectivity index is 1.34. The maximum absolute atomic E-state index is 12.9. The first-order valence-electron chi connectivity index (χ1n) is 10.0. The quantitative estimate of drug-likeness (QED) is 0.779. The van der Waals surface area contributed by atoms with Gasteiger partial charge < -0.3 is 14.8 Å². The maximum atomic E-state index is 12.9. The second-order valence-corrected chi connectivity index (χ2v) is 8.85. The monoisotopic (exact) mass is 408 g/mol. The molecule has 0 radical (unpaired) electrons. The predicted molar refractivity (Wildman–Crippen MR) is 114 cm³/mol. The fourth-order valence-electron chi connectivity index (χ4n) is 4.37. The molecule has 2 aromatic rings. The summed E-state index contributed by atoms with van der Waals surface area (Å²) in [6, 6.07) is 15.9. The number of benzene rings is 2. The molecule has 1 fully saturated rings. The molecular weight excluding hydrogens is 384 g/mol. The van der Waals surface area contributed by atoms with E-state index < -0.39 is 0 Å². The molecule has 1 amide bonds. The van der Waals surface area contributed by atoms with Crippen molar-refractivity contribution in [1.29, 1.82) is 0 Å². The van der Waals surface area contributed by atoms with Crippen LogP contribution in [0.5, 0.6) is 11.5 Å². The minimum absolute atomic E-state index is 0.0270. The molecule has 6 heteroatoms. The standard InChI is InChI=1S/C23H24N2O3S/c1-27-17-11-10-15(12-18(17)28-13-14-6-3-2-4-7-14)21-24-22(26)20-16-8-5-9-19(16)29-23(20)25-21/h2-4,6-7,10-12,20-21,23,25H,5,8-9,13H2,1H3,(H,24,26). The van der Waals surface area contributed by atoms with Gasteiger partial charge in [0.1, 0.15) is 12.8 Å². The molecule has 3 unspecified atom stereocenters. The topological polar surface area (TPSA) is 59.6 Å². The summed E-state index contributed by atoms with van der Waals surface area (Å²) in [4.78, 5) is 14.3. The lowest BCUT2D eigenvalue weighted by atomic mass is 9.94. The van der Waals surface area contributed by atoms with E-state index in [0.717, 1.165) is 24.0 Å². The van der Waals surface area contributed by atoms with Crippen molar-refractivity contribution in [2.24, 2.45) is 5.92 Å². The van der Waals surface area contributed by atoms with Gasteiger partial charge in [-0.15, -0.1) is 11.8 Å². The zero-order valence-electron chi connectivity index (χ0n) is 16.3. The Kier molecular flexibility index (Phi) is 4.97. The van der Waals surface area contributed by atoms with E-state index in [0.29, 0.717) is 18.1 Å². The first-order chi connectivity index (χ1) is 14.2. The van der Waals surface area contributed by atoms with Crippen LogP contribution in [0.4, 0.5) is 0 Å². The molecule has 150 valence electrons. The van der Waals surface area contributed by atoms with Crippen molar-refractivity contribution in [3.63, 3.8) is 0 Å². The zero-order chi connectivity index (χ0) is 19.8. The van der Waals surface area contributed by atoms with E-state index in [4.69, 9.17) is 9.47 Å². The van der Waals surface area contributed by atoms with Crippen LogP contribution in [0.2, 0.25) is 0 Å². The van der Waals surface area contributed by atoms with E-state index in [-0.39, 0.29) is 23.4 Å². The van der Waals surface area contributed by atoms with Crippen molar-refractivity contribution in [3.8, 4) is 11.5 Å². The zero-order valence-corrected chi connectivity index (χ0v) is 17.1. The number of carbonyl (C=O) groups excluding carboxylic acids is 1. The first kappa shape index (κ1) is 18.6. The Morgan fingerprint density at radius 3 is 2.79 bits per heavy atom. The maximum Gasteiger partial charge on any atom is 0.231 e. The minimum Gasteiger partial charge on any atom is -0.493 e. The number of methoxy groups -OCH3 is 1. The van der Waals surface area contributed by atoms with Gasteiger partial charge >= 0.3 is 0 Å². The largest absolute Gasteiger partial charge is 0.493 e. The minimum atomic E-state index is -0.235. The summed E-state index contributed by atoms with van der Waals surface area (Å²) in [6.07, 6.45) is 3.12. The number of hydrogen-bond donors (Lipinski definition) is 2. The van der Waals surface area contributed by atoms with Crippen molar-refractivity contribution >= 4 is 17.7 Å². The summed E-state index contributed by atoms with van der Waals surface area (Å²) in [6.45, 7) is 0.461. The number of ether oxygens (including phenoxy) is 2. The molecule has 5 rings (SSSR count). The molecule has 0 saturated carbocycles. The molecule has 29 heavy (non-hydrogen) atoms. The number of carbonyl (C=O) groups is 1. The summed E-state index contributed by atoms with van der Waals surface area (Å²) >= 11 is 1.84. The highest BCUT2D eigenvalue weighted by atomic mass is 32.2. The normalized spacial score (nSPS) is 25.4. The fraction of sp³-hybridized carbons (Fsp3) is 0.348. The van der Waals surface area contributed by atoms with Gasteiger partial charge in [-0.1, -0.05) is 36.4 Å². The number of allylic oxidation sites excluding steroid dienone is 1. The van der Waals surface area contributed by atoms with Gasteiger partial charge in [0.15, 0.2) is 11.5 Å². The number of hydrogen-bond acceptors (Lipinski definition) is 5. The van der Waals surface area contributed by atoms with E-state index >= 15 is 0 Å². The molecule has 2 heterocycles. The highest BCUT2D eigenvalue weighted by Gasteiger charge is 2.46. The molecule has 3 atom stereocenters. The molecule has 1 aliphatic carbocycles. The summed E-state index contributed by atoms with van der Waals surface area (Å²) in [5, 5.41) is 6.90. The van der Waals surface area contributed by atoms with Gasteiger partial charge in [0.25, 0.3) is 0 Å². The van der Waals surface area contributed by atoms with E-state index in [9.17, 15) is 4.79 Å². The third-order valence-electron chi connectivity index (χ3n) is 5.81. The summed E-state index contributed by atoms with van der Waals surface area (Å²) in [5.41, 5.74) is 3.41. The van der Waals surface area contributed by atoms with Gasteiger partial charge in [0.2, 0.25) is 5.91 Å². The van der Waals surface area contributed by atoms with Crippen LogP contribution in [0, 0.1) is 5.92 Å². The Morgan fingerprint density at radius 2 is 1.97 bits per heavy atom. The average molecular weight is 409 g/mol. The van der Waals surface area contributed by atoms with E-state index in [1.165, 1.54) is 16.9 Å². The number of nitrogens with one attached hydrogen (secondary N) is 2. The molecule has 0 aromatic heterocycles. The van der Waals surface area contributed by atoms with Crippen molar-refractivity contribution in [1.82, 2.24) is 10.6 Å².